The summed E-state index contributed by atoms with van der Waals surface area (Å²) in [7, 11) is 0. The van der Waals surface area contributed by atoms with Crippen molar-refractivity contribution in [2.24, 2.45) is 5.92 Å². The number of hydrogen-bond acceptors (Lipinski definition) is 3. The molecule has 2 atom stereocenters. The number of benzene rings is 1. The van der Waals surface area contributed by atoms with Gasteiger partial charge in [-0.15, -0.1) is 0 Å². The molecule has 28 heavy (non-hydrogen) atoms. The predicted octanol–water partition coefficient (Wildman–Crippen LogP) is 3.15. The van der Waals surface area contributed by atoms with E-state index in [4.69, 9.17) is 0 Å². The second-order valence-electron chi connectivity index (χ2n) is 9.16. The number of carbonyl (C=O) groups is 2. The number of likely N-dealkylation sites (tertiary alicyclic amines) is 1. The van der Waals surface area contributed by atoms with Crippen LogP contribution in [0.1, 0.15) is 64.1 Å². The minimum atomic E-state index is -0.166. The molecule has 2 aliphatic rings. The van der Waals surface area contributed by atoms with E-state index >= 15 is 0 Å². The third kappa shape index (κ3) is 4.75. The molecular formula is C23H35N3O2. The van der Waals surface area contributed by atoms with Gasteiger partial charge in [0.15, 0.2) is 0 Å². The van der Waals surface area contributed by atoms with Crippen LogP contribution in [0, 0.1) is 5.92 Å². The van der Waals surface area contributed by atoms with Gasteiger partial charge >= 0.3 is 0 Å². The highest BCUT2D eigenvalue weighted by Gasteiger charge is 2.33. The second kappa shape index (κ2) is 8.64. The highest BCUT2D eigenvalue weighted by Crippen LogP contribution is 2.32. The Balaban J connectivity index is 1.64. The van der Waals surface area contributed by atoms with E-state index in [1.54, 1.807) is 6.92 Å². The molecule has 2 amide bonds. The summed E-state index contributed by atoms with van der Waals surface area (Å²) in [6.45, 7) is 11.8. The minimum absolute atomic E-state index is 0.0195. The summed E-state index contributed by atoms with van der Waals surface area (Å²) in [5.41, 5.74) is 2.30. The molecule has 0 spiro atoms. The topological polar surface area (TPSA) is 52.7 Å². The average Bonchev–Trinajstić information content (AvgIpc) is 2.66. The van der Waals surface area contributed by atoms with Gasteiger partial charge in [-0.1, -0.05) is 31.2 Å². The van der Waals surface area contributed by atoms with Crippen LogP contribution in [0.4, 0.5) is 0 Å². The Morgan fingerprint density at radius 2 is 1.96 bits per heavy atom. The monoisotopic (exact) mass is 385 g/mol. The third-order valence-electron chi connectivity index (χ3n) is 6.43. The summed E-state index contributed by atoms with van der Waals surface area (Å²) in [5.74, 6) is 0.771. The van der Waals surface area contributed by atoms with Gasteiger partial charge in [0, 0.05) is 32.1 Å². The Morgan fingerprint density at radius 3 is 2.68 bits per heavy atom. The maximum Gasteiger partial charge on any atom is 0.222 e. The van der Waals surface area contributed by atoms with Gasteiger partial charge in [0.2, 0.25) is 11.8 Å². The molecule has 0 aliphatic carbocycles. The van der Waals surface area contributed by atoms with Gasteiger partial charge in [-0.05, 0) is 56.7 Å². The molecule has 5 nitrogen and oxygen atoms in total. The van der Waals surface area contributed by atoms with Crippen LogP contribution in [0.5, 0.6) is 0 Å². The lowest BCUT2D eigenvalue weighted by atomic mass is 9.90. The molecule has 0 saturated carbocycles. The number of amides is 2. The lowest BCUT2D eigenvalue weighted by molar-refractivity contribution is -0.133. The van der Waals surface area contributed by atoms with Crippen molar-refractivity contribution >= 4 is 11.8 Å². The zero-order valence-electron chi connectivity index (χ0n) is 17.8. The van der Waals surface area contributed by atoms with Gasteiger partial charge in [0.1, 0.15) is 0 Å². The molecule has 1 saturated heterocycles. The van der Waals surface area contributed by atoms with E-state index in [2.05, 4.69) is 43.1 Å². The Kier molecular flexibility index (Phi) is 6.43. The van der Waals surface area contributed by atoms with Crippen molar-refractivity contribution in [1.29, 1.82) is 0 Å². The number of nitrogens with zero attached hydrogens (tertiary/aromatic N) is 2. The van der Waals surface area contributed by atoms with Crippen molar-refractivity contribution in [3.8, 4) is 0 Å². The van der Waals surface area contributed by atoms with E-state index in [0.717, 1.165) is 25.1 Å². The van der Waals surface area contributed by atoms with Crippen LogP contribution in [0.3, 0.4) is 0 Å². The molecule has 1 aromatic rings. The maximum atomic E-state index is 12.8. The summed E-state index contributed by atoms with van der Waals surface area (Å²) in [6, 6.07) is 8.02. The van der Waals surface area contributed by atoms with E-state index < -0.39 is 0 Å². The molecule has 1 N–H and O–H groups in total. The molecule has 2 heterocycles. The lowest BCUT2D eigenvalue weighted by Gasteiger charge is -2.43. The van der Waals surface area contributed by atoms with Gasteiger partial charge < -0.3 is 10.2 Å². The van der Waals surface area contributed by atoms with Crippen LogP contribution in [0.25, 0.3) is 0 Å². The number of nitrogens with one attached hydrogen (secondary N) is 1. The molecule has 0 bridgehead atoms. The Morgan fingerprint density at radius 1 is 1.21 bits per heavy atom. The number of rotatable bonds is 5. The third-order valence-corrected chi connectivity index (χ3v) is 6.43. The summed E-state index contributed by atoms with van der Waals surface area (Å²) < 4.78 is 0. The summed E-state index contributed by atoms with van der Waals surface area (Å²) in [5, 5.41) is 3.15. The molecule has 0 aromatic heterocycles. The van der Waals surface area contributed by atoms with Gasteiger partial charge in [0.05, 0.1) is 12.5 Å². The number of piperidine rings is 1. The summed E-state index contributed by atoms with van der Waals surface area (Å²) >= 11 is 0. The normalized spacial score (nSPS) is 23.2. The number of hydrogen-bond donors (Lipinski definition) is 1. The average molecular weight is 386 g/mol. The fourth-order valence-corrected chi connectivity index (χ4v) is 4.66. The first-order chi connectivity index (χ1) is 13.3. The Hall–Kier alpha value is -1.88. The van der Waals surface area contributed by atoms with Crippen LogP contribution in [-0.2, 0) is 16.0 Å². The van der Waals surface area contributed by atoms with Crippen molar-refractivity contribution in [1.82, 2.24) is 15.1 Å². The molecule has 0 radical (unpaired) electrons. The van der Waals surface area contributed by atoms with Crippen molar-refractivity contribution in [3.63, 3.8) is 0 Å². The second-order valence-corrected chi connectivity index (χ2v) is 9.16. The van der Waals surface area contributed by atoms with E-state index in [9.17, 15) is 9.59 Å². The molecule has 154 valence electrons. The lowest BCUT2D eigenvalue weighted by Crippen LogP contribution is -2.54. The van der Waals surface area contributed by atoms with Crippen molar-refractivity contribution in [2.75, 3.05) is 26.2 Å². The summed E-state index contributed by atoms with van der Waals surface area (Å²) in [6.07, 6.45) is 3.70. The molecular weight excluding hydrogens is 350 g/mol. The zero-order valence-corrected chi connectivity index (χ0v) is 17.8. The fraction of sp³-hybridized carbons (Fsp3) is 0.652. The van der Waals surface area contributed by atoms with E-state index in [1.165, 1.54) is 18.4 Å². The first-order valence-corrected chi connectivity index (χ1v) is 10.6. The standard InChI is InChI=1S/C23H35N3O2/c1-17-8-7-12-25(15-17)23(3,4)16-24-22(28)14-21-20-10-6-5-9-19(20)11-13-26(21)18(2)27/h5-6,9-10,17,21H,7-8,11-16H2,1-4H3,(H,24,28). The largest absolute Gasteiger partial charge is 0.354 e. The zero-order chi connectivity index (χ0) is 20.3. The molecule has 3 rings (SSSR count). The molecule has 1 aromatic carbocycles. The Labute approximate surface area is 169 Å². The first kappa shape index (κ1) is 20.8. The molecule has 2 aliphatic heterocycles. The van der Waals surface area contributed by atoms with Crippen LogP contribution < -0.4 is 5.32 Å². The Bertz CT molecular complexity index is 716. The highest BCUT2D eigenvalue weighted by atomic mass is 16.2. The van der Waals surface area contributed by atoms with E-state index in [-0.39, 0.29) is 23.4 Å². The predicted molar refractivity (Wildman–Crippen MR) is 112 cm³/mol. The van der Waals surface area contributed by atoms with Crippen LogP contribution in [0.15, 0.2) is 24.3 Å². The summed E-state index contributed by atoms with van der Waals surface area (Å²) in [4.78, 5) is 29.3. The maximum absolute atomic E-state index is 12.8. The molecule has 2 unspecified atom stereocenters. The van der Waals surface area contributed by atoms with Crippen molar-refractivity contribution in [3.05, 3.63) is 35.4 Å². The number of carbonyl (C=O) groups excluding carboxylic acids is 2. The van der Waals surface area contributed by atoms with Crippen molar-refractivity contribution < 1.29 is 9.59 Å². The van der Waals surface area contributed by atoms with Gasteiger partial charge in [-0.2, -0.15) is 0 Å². The quantitative estimate of drug-likeness (QED) is 0.847. The first-order valence-electron chi connectivity index (χ1n) is 10.6. The van der Waals surface area contributed by atoms with E-state index in [1.807, 2.05) is 17.0 Å². The van der Waals surface area contributed by atoms with Gasteiger partial charge in [-0.25, -0.2) is 0 Å². The van der Waals surface area contributed by atoms with E-state index in [0.29, 0.717) is 25.4 Å². The van der Waals surface area contributed by atoms with Crippen LogP contribution in [-0.4, -0.2) is 53.3 Å². The smallest absolute Gasteiger partial charge is 0.222 e. The fourth-order valence-electron chi connectivity index (χ4n) is 4.66. The van der Waals surface area contributed by atoms with Crippen LogP contribution in [0.2, 0.25) is 0 Å². The molecule has 5 heteroatoms. The minimum Gasteiger partial charge on any atom is -0.354 e. The molecule has 1 fully saturated rings. The number of fused-ring (bicyclic) bond motifs is 1. The van der Waals surface area contributed by atoms with Gasteiger partial charge in [-0.3, -0.25) is 14.5 Å². The van der Waals surface area contributed by atoms with Crippen LogP contribution >= 0.6 is 0 Å². The highest BCUT2D eigenvalue weighted by molar-refractivity contribution is 5.79. The SMILES string of the molecule is CC(=O)N1CCc2ccccc2C1CC(=O)NCC(C)(C)N1CCCC(C)C1. The van der Waals surface area contributed by atoms with Gasteiger partial charge in [0.25, 0.3) is 0 Å². The van der Waals surface area contributed by atoms with Crippen molar-refractivity contribution in [2.45, 2.75) is 65.0 Å².